The first-order valence-electron chi connectivity index (χ1n) is 5.05. The number of anilines is 2. The Morgan fingerprint density at radius 2 is 2.19 bits per heavy atom. The average molecular weight is 223 g/mol. The zero-order valence-electron chi connectivity index (χ0n) is 9.77. The lowest BCUT2D eigenvalue weighted by atomic mass is 10.1. The molecule has 1 aromatic rings. The fourth-order valence-electron chi connectivity index (χ4n) is 1.46. The lowest BCUT2D eigenvalue weighted by Crippen LogP contribution is -2.35. The van der Waals surface area contributed by atoms with E-state index in [0.717, 1.165) is 0 Å². The van der Waals surface area contributed by atoms with Gasteiger partial charge in [-0.25, -0.2) is 9.97 Å². The zero-order chi connectivity index (χ0) is 12.1. The molecule has 3 N–H and O–H groups in total. The molecule has 1 heterocycles. The largest absolute Gasteiger partial charge is 0.381 e. The van der Waals surface area contributed by atoms with Crippen LogP contribution in [0, 0.1) is 5.92 Å². The zero-order valence-corrected chi connectivity index (χ0v) is 9.77. The van der Waals surface area contributed by atoms with E-state index in [0.29, 0.717) is 18.2 Å². The number of amides is 1. The van der Waals surface area contributed by atoms with Gasteiger partial charge in [0.2, 0.25) is 5.91 Å². The fourth-order valence-corrected chi connectivity index (χ4v) is 1.46. The highest BCUT2D eigenvalue weighted by Crippen LogP contribution is 2.15. The smallest absolute Gasteiger partial charge is 0.224 e. The van der Waals surface area contributed by atoms with Crippen molar-refractivity contribution in [1.29, 1.82) is 0 Å². The van der Waals surface area contributed by atoms with Gasteiger partial charge in [-0.3, -0.25) is 4.79 Å². The molecule has 1 amide bonds. The molecule has 0 bridgehead atoms. The first kappa shape index (κ1) is 12.2. The molecule has 6 nitrogen and oxygen atoms in total. The molecule has 0 saturated heterocycles. The van der Waals surface area contributed by atoms with E-state index < -0.39 is 0 Å². The van der Waals surface area contributed by atoms with Crippen molar-refractivity contribution in [3.8, 4) is 0 Å². The van der Waals surface area contributed by atoms with Crippen LogP contribution >= 0.6 is 0 Å². The predicted molar refractivity (Wildman–Crippen MR) is 62.9 cm³/mol. The summed E-state index contributed by atoms with van der Waals surface area (Å²) < 4.78 is 0. The molecule has 0 radical (unpaired) electrons. The van der Waals surface area contributed by atoms with Crippen molar-refractivity contribution >= 4 is 17.5 Å². The van der Waals surface area contributed by atoms with E-state index in [1.54, 1.807) is 13.2 Å². The summed E-state index contributed by atoms with van der Waals surface area (Å²) in [5.41, 5.74) is 5.69. The molecule has 1 aromatic heterocycles. The summed E-state index contributed by atoms with van der Waals surface area (Å²) in [5, 5.41) is 2.60. The molecular weight excluding hydrogens is 206 g/mol. The Morgan fingerprint density at radius 3 is 2.75 bits per heavy atom. The normalized spacial score (nSPS) is 11.9. The lowest BCUT2D eigenvalue weighted by Gasteiger charge is -2.22. The number of nitrogens with one attached hydrogen (secondary N) is 1. The van der Waals surface area contributed by atoms with Gasteiger partial charge >= 0.3 is 0 Å². The van der Waals surface area contributed by atoms with Gasteiger partial charge in [0.05, 0.1) is 5.92 Å². The van der Waals surface area contributed by atoms with Crippen LogP contribution in [0.4, 0.5) is 11.6 Å². The second-order valence-electron chi connectivity index (χ2n) is 3.66. The number of nitrogens with zero attached hydrogens (tertiary/aromatic N) is 3. The highest BCUT2D eigenvalue weighted by molar-refractivity contribution is 5.78. The highest BCUT2D eigenvalue weighted by Gasteiger charge is 2.16. The molecule has 0 fully saturated rings. The van der Waals surface area contributed by atoms with Crippen LogP contribution in [0.2, 0.25) is 0 Å². The molecule has 0 aliphatic heterocycles. The van der Waals surface area contributed by atoms with Crippen LogP contribution in [0.25, 0.3) is 0 Å². The topological polar surface area (TPSA) is 84.1 Å². The van der Waals surface area contributed by atoms with Gasteiger partial charge in [0.1, 0.15) is 0 Å². The second kappa shape index (κ2) is 5.29. The third-order valence-corrected chi connectivity index (χ3v) is 2.31. The highest BCUT2D eigenvalue weighted by atomic mass is 16.1. The molecule has 0 spiro atoms. The molecule has 0 saturated carbocycles. The van der Waals surface area contributed by atoms with Crippen LogP contribution in [0.15, 0.2) is 12.4 Å². The molecule has 0 aromatic carbocycles. The number of rotatable bonds is 4. The van der Waals surface area contributed by atoms with Crippen molar-refractivity contribution in [2.45, 2.75) is 6.92 Å². The van der Waals surface area contributed by atoms with Crippen molar-refractivity contribution in [2.75, 3.05) is 31.3 Å². The molecule has 1 atom stereocenters. The van der Waals surface area contributed by atoms with Gasteiger partial charge in [-0.2, -0.15) is 0 Å². The number of hydrogen-bond acceptors (Lipinski definition) is 5. The SMILES string of the molecule is CNC(=O)C(C)CN(C)c1nccnc1N. The second-order valence-corrected chi connectivity index (χ2v) is 3.66. The van der Waals surface area contributed by atoms with Gasteiger partial charge in [0, 0.05) is 33.0 Å². The maximum Gasteiger partial charge on any atom is 0.224 e. The van der Waals surface area contributed by atoms with E-state index in [2.05, 4.69) is 15.3 Å². The maximum absolute atomic E-state index is 11.4. The van der Waals surface area contributed by atoms with E-state index in [1.165, 1.54) is 6.20 Å². The molecule has 6 heteroatoms. The minimum atomic E-state index is -0.128. The van der Waals surface area contributed by atoms with Gasteiger partial charge in [0.15, 0.2) is 11.6 Å². The maximum atomic E-state index is 11.4. The van der Waals surface area contributed by atoms with Crippen LogP contribution in [0.3, 0.4) is 0 Å². The van der Waals surface area contributed by atoms with Gasteiger partial charge in [-0.05, 0) is 0 Å². The van der Waals surface area contributed by atoms with E-state index in [1.807, 2.05) is 18.9 Å². The van der Waals surface area contributed by atoms with Crippen molar-refractivity contribution in [2.24, 2.45) is 5.92 Å². The van der Waals surface area contributed by atoms with E-state index >= 15 is 0 Å². The molecule has 1 rings (SSSR count). The number of nitrogen functional groups attached to an aromatic ring is 1. The first-order chi connectivity index (χ1) is 7.56. The van der Waals surface area contributed by atoms with Crippen LogP contribution in [0.1, 0.15) is 6.92 Å². The monoisotopic (exact) mass is 223 g/mol. The standard InChI is InChI=1S/C10H17N5O/c1-7(10(16)12-2)6-15(3)9-8(11)13-4-5-14-9/h4-5,7H,6H2,1-3H3,(H2,11,13)(H,12,16). The van der Waals surface area contributed by atoms with Crippen molar-refractivity contribution in [3.63, 3.8) is 0 Å². The number of hydrogen-bond donors (Lipinski definition) is 2. The van der Waals surface area contributed by atoms with Crippen LogP contribution in [0.5, 0.6) is 0 Å². The molecule has 16 heavy (non-hydrogen) atoms. The van der Waals surface area contributed by atoms with Crippen LogP contribution in [-0.2, 0) is 4.79 Å². The summed E-state index contributed by atoms with van der Waals surface area (Å²) in [5.74, 6) is 0.832. The van der Waals surface area contributed by atoms with Gasteiger partial charge < -0.3 is 16.0 Å². The third-order valence-electron chi connectivity index (χ3n) is 2.31. The minimum absolute atomic E-state index is 0.00527. The quantitative estimate of drug-likeness (QED) is 0.743. The first-order valence-corrected chi connectivity index (χ1v) is 5.05. The van der Waals surface area contributed by atoms with Crippen molar-refractivity contribution in [3.05, 3.63) is 12.4 Å². The summed E-state index contributed by atoms with van der Waals surface area (Å²) in [6, 6.07) is 0. The van der Waals surface area contributed by atoms with Gasteiger partial charge in [0.25, 0.3) is 0 Å². The van der Waals surface area contributed by atoms with E-state index in [4.69, 9.17) is 5.73 Å². The summed E-state index contributed by atoms with van der Waals surface area (Å²) in [4.78, 5) is 21.2. The van der Waals surface area contributed by atoms with Crippen LogP contribution in [-0.4, -0.2) is 36.5 Å². The summed E-state index contributed by atoms with van der Waals surface area (Å²) in [7, 11) is 3.45. The molecule has 1 unspecified atom stereocenters. The summed E-state index contributed by atoms with van der Waals surface area (Å²) >= 11 is 0. The predicted octanol–water partition coefficient (Wildman–Crippen LogP) is -0.123. The van der Waals surface area contributed by atoms with Crippen molar-refractivity contribution < 1.29 is 4.79 Å². The van der Waals surface area contributed by atoms with Gasteiger partial charge in [-0.1, -0.05) is 6.92 Å². The Balaban J connectivity index is 2.69. The Bertz CT molecular complexity index is 368. The Labute approximate surface area is 94.9 Å². The minimum Gasteiger partial charge on any atom is -0.381 e. The number of aromatic nitrogens is 2. The number of carbonyl (C=O) groups is 1. The molecule has 88 valence electrons. The Morgan fingerprint density at radius 1 is 1.56 bits per heavy atom. The van der Waals surface area contributed by atoms with Crippen LogP contribution < -0.4 is 16.0 Å². The van der Waals surface area contributed by atoms with E-state index in [-0.39, 0.29) is 11.8 Å². The summed E-state index contributed by atoms with van der Waals surface area (Å²) in [6.45, 7) is 2.39. The third kappa shape index (κ3) is 2.82. The molecule has 0 aliphatic carbocycles. The Kier molecular flexibility index (Phi) is 4.04. The summed E-state index contributed by atoms with van der Waals surface area (Å²) in [6.07, 6.45) is 3.11. The van der Waals surface area contributed by atoms with Crippen molar-refractivity contribution in [1.82, 2.24) is 15.3 Å². The van der Waals surface area contributed by atoms with Gasteiger partial charge in [-0.15, -0.1) is 0 Å². The molecule has 0 aliphatic rings. The average Bonchev–Trinajstić information content (AvgIpc) is 2.28. The molecular formula is C10H17N5O. The lowest BCUT2D eigenvalue weighted by molar-refractivity contribution is -0.123. The Hall–Kier alpha value is -1.85. The number of nitrogens with two attached hydrogens (primary N) is 1. The number of carbonyl (C=O) groups excluding carboxylic acids is 1. The fraction of sp³-hybridized carbons (Fsp3) is 0.500. The van der Waals surface area contributed by atoms with E-state index in [9.17, 15) is 4.79 Å².